The van der Waals surface area contributed by atoms with Crippen LogP contribution in [0.3, 0.4) is 0 Å². The van der Waals surface area contributed by atoms with Crippen LogP contribution in [0.2, 0.25) is 0 Å². The summed E-state index contributed by atoms with van der Waals surface area (Å²) in [4.78, 5) is 20.2. The smallest absolute Gasteiger partial charge is 0.232 e. The largest absolute Gasteiger partial charge is 0.474 e. The van der Waals surface area contributed by atoms with Crippen molar-refractivity contribution in [1.29, 1.82) is 0 Å². The summed E-state index contributed by atoms with van der Waals surface area (Å²) < 4.78 is 5.11. The average molecular weight is 279 g/mol. The highest BCUT2D eigenvalue weighted by atomic mass is 16.5. The summed E-state index contributed by atoms with van der Waals surface area (Å²) in [6, 6.07) is 0. The number of aromatic nitrogens is 2. The highest BCUT2D eigenvalue weighted by molar-refractivity contribution is 5.91. The number of nitrogens with zero attached hydrogens (tertiary/aromatic N) is 2. The van der Waals surface area contributed by atoms with Crippen LogP contribution in [0.25, 0.3) is 0 Å². The molecule has 1 aromatic rings. The molecule has 1 aliphatic rings. The van der Waals surface area contributed by atoms with Crippen LogP contribution in [-0.2, 0) is 4.79 Å². The summed E-state index contributed by atoms with van der Waals surface area (Å²) in [6.45, 7) is 2.08. The quantitative estimate of drug-likeness (QED) is 0.826. The molecule has 20 heavy (non-hydrogen) atoms. The number of rotatable bonds is 6. The number of carbonyl (C=O) groups is 1. The zero-order chi connectivity index (χ0) is 14.4. The van der Waals surface area contributed by atoms with Crippen LogP contribution in [0, 0.1) is 11.8 Å². The second kappa shape index (κ2) is 7.19. The van der Waals surface area contributed by atoms with Crippen molar-refractivity contribution < 1.29 is 14.6 Å². The number of anilines is 1. The number of ether oxygens (including phenoxy) is 1. The molecule has 0 spiro atoms. The van der Waals surface area contributed by atoms with Gasteiger partial charge in [-0.05, 0) is 18.8 Å². The first kappa shape index (κ1) is 14.7. The molecule has 2 N–H and O–H groups in total. The Balaban J connectivity index is 1.87. The van der Waals surface area contributed by atoms with Gasteiger partial charge in [0, 0.05) is 5.92 Å². The van der Waals surface area contributed by atoms with Crippen LogP contribution in [0.15, 0.2) is 12.4 Å². The molecular formula is C14H21N3O3. The van der Waals surface area contributed by atoms with Gasteiger partial charge in [0.1, 0.15) is 6.61 Å². The van der Waals surface area contributed by atoms with E-state index in [1.807, 2.05) is 6.92 Å². The van der Waals surface area contributed by atoms with Gasteiger partial charge >= 0.3 is 0 Å². The Bertz CT molecular complexity index is 430. The Morgan fingerprint density at radius 3 is 2.80 bits per heavy atom. The molecule has 1 aromatic heterocycles. The summed E-state index contributed by atoms with van der Waals surface area (Å²) in [6.07, 6.45) is 7.61. The molecule has 1 fully saturated rings. The molecule has 0 radical (unpaired) electrons. The number of aliphatic hydroxyl groups excluding tert-OH is 1. The van der Waals surface area contributed by atoms with Crippen LogP contribution in [0.5, 0.6) is 5.88 Å². The molecule has 0 bridgehead atoms. The maximum Gasteiger partial charge on any atom is 0.232 e. The van der Waals surface area contributed by atoms with Gasteiger partial charge in [0.05, 0.1) is 19.0 Å². The molecule has 0 saturated heterocycles. The lowest BCUT2D eigenvalue weighted by Crippen LogP contribution is -2.26. The first-order valence-corrected chi connectivity index (χ1v) is 7.07. The van der Waals surface area contributed by atoms with E-state index < -0.39 is 0 Å². The normalized spacial score (nSPS) is 16.9. The fourth-order valence-electron chi connectivity index (χ4n) is 2.52. The summed E-state index contributed by atoms with van der Waals surface area (Å²) in [5.41, 5.74) is 0. The van der Waals surface area contributed by atoms with Gasteiger partial charge in [-0.25, -0.2) is 9.97 Å². The summed E-state index contributed by atoms with van der Waals surface area (Å²) >= 11 is 0. The molecule has 110 valence electrons. The lowest BCUT2D eigenvalue weighted by atomic mass is 9.92. The molecule has 6 heteroatoms. The van der Waals surface area contributed by atoms with Crippen molar-refractivity contribution in [3.63, 3.8) is 0 Å². The maximum atomic E-state index is 12.1. The number of nitrogens with one attached hydrogen (secondary N) is 1. The van der Waals surface area contributed by atoms with Crippen molar-refractivity contribution in [2.75, 3.05) is 18.5 Å². The molecule has 0 aromatic carbocycles. The molecule has 2 rings (SSSR count). The molecule has 1 aliphatic carbocycles. The fraction of sp³-hybridized carbons (Fsp3) is 0.643. The van der Waals surface area contributed by atoms with Crippen molar-refractivity contribution in [3.05, 3.63) is 12.4 Å². The van der Waals surface area contributed by atoms with Gasteiger partial charge in [0.15, 0.2) is 5.82 Å². The lowest BCUT2D eigenvalue weighted by Gasteiger charge is -2.17. The van der Waals surface area contributed by atoms with Crippen molar-refractivity contribution in [1.82, 2.24) is 9.97 Å². The molecule has 1 heterocycles. The third-order valence-corrected chi connectivity index (χ3v) is 3.74. The molecule has 1 amide bonds. The van der Waals surface area contributed by atoms with Crippen LogP contribution < -0.4 is 10.1 Å². The summed E-state index contributed by atoms with van der Waals surface area (Å²) in [5, 5.41) is 11.4. The first-order chi connectivity index (χ1) is 9.70. The van der Waals surface area contributed by atoms with Gasteiger partial charge in [-0.2, -0.15) is 0 Å². The SMILES string of the molecule is CC(C(=O)Nc1cnc(OCCO)cn1)C1CCCC1. The topological polar surface area (TPSA) is 84.3 Å². The molecule has 6 nitrogen and oxygen atoms in total. The molecule has 1 unspecified atom stereocenters. The van der Waals surface area contributed by atoms with E-state index >= 15 is 0 Å². The van der Waals surface area contributed by atoms with Gasteiger partial charge in [-0.1, -0.05) is 19.8 Å². The average Bonchev–Trinajstić information content (AvgIpc) is 3.00. The fourth-order valence-corrected chi connectivity index (χ4v) is 2.52. The van der Waals surface area contributed by atoms with E-state index in [0.29, 0.717) is 17.6 Å². The predicted octanol–water partition coefficient (Wildman–Crippen LogP) is 1.61. The van der Waals surface area contributed by atoms with Gasteiger partial charge in [0.2, 0.25) is 11.8 Å². The molecule has 1 saturated carbocycles. The van der Waals surface area contributed by atoms with Crippen molar-refractivity contribution in [3.8, 4) is 5.88 Å². The highest BCUT2D eigenvalue weighted by Crippen LogP contribution is 2.31. The molecule has 0 aliphatic heterocycles. The second-order valence-electron chi connectivity index (χ2n) is 5.13. The van der Waals surface area contributed by atoms with Crippen LogP contribution in [0.1, 0.15) is 32.6 Å². The number of aliphatic hydroxyl groups is 1. The lowest BCUT2D eigenvalue weighted by molar-refractivity contribution is -0.120. The van der Waals surface area contributed by atoms with Crippen molar-refractivity contribution in [2.24, 2.45) is 11.8 Å². The second-order valence-corrected chi connectivity index (χ2v) is 5.13. The summed E-state index contributed by atoms with van der Waals surface area (Å²) in [7, 11) is 0. The third-order valence-electron chi connectivity index (χ3n) is 3.74. The van der Waals surface area contributed by atoms with E-state index in [0.717, 1.165) is 12.8 Å². The Labute approximate surface area is 118 Å². The van der Waals surface area contributed by atoms with Gasteiger partial charge in [-0.3, -0.25) is 4.79 Å². The van der Waals surface area contributed by atoms with Crippen LogP contribution in [-0.4, -0.2) is 34.2 Å². The Morgan fingerprint density at radius 1 is 1.45 bits per heavy atom. The predicted molar refractivity (Wildman–Crippen MR) is 74.4 cm³/mol. The van der Waals surface area contributed by atoms with E-state index in [-0.39, 0.29) is 25.0 Å². The molecule has 1 atom stereocenters. The first-order valence-electron chi connectivity index (χ1n) is 7.07. The Morgan fingerprint density at radius 2 is 2.20 bits per heavy atom. The van der Waals surface area contributed by atoms with Gasteiger partial charge in [-0.15, -0.1) is 0 Å². The minimum absolute atomic E-state index is 0.00427. The number of hydrogen-bond acceptors (Lipinski definition) is 5. The van der Waals surface area contributed by atoms with E-state index in [9.17, 15) is 4.79 Å². The van der Waals surface area contributed by atoms with E-state index in [4.69, 9.17) is 9.84 Å². The maximum absolute atomic E-state index is 12.1. The third kappa shape index (κ3) is 3.90. The standard InChI is InChI=1S/C14H21N3O3/c1-10(11-4-2-3-5-11)14(19)17-12-8-16-13(9-15-12)20-7-6-18/h8-11,18H,2-7H2,1H3,(H,15,17,19). The van der Waals surface area contributed by atoms with E-state index in [1.54, 1.807) is 0 Å². The monoisotopic (exact) mass is 279 g/mol. The minimum atomic E-state index is -0.0704. The van der Waals surface area contributed by atoms with Crippen LogP contribution in [0.4, 0.5) is 5.82 Å². The Kier molecular flexibility index (Phi) is 5.29. The zero-order valence-corrected chi connectivity index (χ0v) is 11.7. The highest BCUT2D eigenvalue weighted by Gasteiger charge is 2.26. The number of hydrogen-bond donors (Lipinski definition) is 2. The van der Waals surface area contributed by atoms with Crippen molar-refractivity contribution in [2.45, 2.75) is 32.6 Å². The Hall–Kier alpha value is -1.69. The minimum Gasteiger partial charge on any atom is -0.474 e. The van der Waals surface area contributed by atoms with E-state index in [2.05, 4.69) is 15.3 Å². The van der Waals surface area contributed by atoms with Gasteiger partial charge in [0.25, 0.3) is 0 Å². The number of amides is 1. The summed E-state index contributed by atoms with van der Waals surface area (Å²) in [5.74, 6) is 1.24. The van der Waals surface area contributed by atoms with Gasteiger partial charge < -0.3 is 15.2 Å². The van der Waals surface area contributed by atoms with Crippen LogP contribution >= 0.6 is 0 Å². The molecular weight excluding hydrogens is 258 g/mol. The van der Waals surface area contributed by atoms with E-state index in [1.165, 1.54) is 25.2 Å². The zero-order valence-electron chi connectivity index (χ0n) is 11.7. The van der Waals surface area contributed by atoms with Crippen molar-refractivity contribution >= 4 is 11.7 Å². The number of carbonyl (C=O) groups excluding carboxylic acids is 1.